The molecule has 0 fully saturated rings. The molecule has 0 atom stereocenters. The van der Waals surface area contributed by atoms with Gasteiger partial charge in [-0.3, -0.25) is 4.79 Å². The highest BCUT2D eigenvalue weighted by molar-refractivity contribution is 6.05. The molecule has 5 aromatic rings. The van der Waals surface area contributed by atoms with E-state index in [4.69, 9.17) is 14.2 Å². The average Bonchev–Trinajstić information content (AvgIpc) is 2.94. The van der Waals surface area contributed by atoms with Crippen LogP contribution in [0.2, 0.25) is 0 Å². The second-order valence-electron chi connectivity index (χ2n) is 8.42. The number of ether oxygens (including phenoxy) is 3. The Morgan fingerprint density at radius 1 is 0.676 bits per heavy atom. The number of carbonyl (C=O) groups excluding carboxylic acids is 1. The lowest BCUT2D eigenvalue weighted by molar-refractivity contribution is 0.102. The number of fused-ring (bicyclic) bond motifs is 1. The molecule has 0 bridgehead atoms. The molecule has 0 heterocycles. The quantitative estimate of drug-likeness (QED) is 0.229. The van der Waals surface area contributed by atoms with Crippen LogP contribution in [-0.4, -0.2) is 12.5 Å². The van der Waals surface area contributed by atoms with Gasteiger partial charge in [-0.05, 0) is 72.3 Å². The summed E-state index contributed by atoms with van der Waals surface area (Å²) >= 11 is 0. The molecule has 0 unspecified atom stereocenters. The first-order valence-electron chi connectivity index (χ1n) is 12.2. The maximum absolute atomic E-state index is 13.2. The van der Waals surface area contributed by atoms with Gasteiger partial charge in [0, 0.05) is 11.1 Å². The molecular weight excluding hydrogens is 462 g/mol. The van der Waals surface area contributed by atoms with Gasteiger partial charge in [-0.25, -0.2) is 0 Å². The normalized spacial score (nSPS) is 10.6. The second kappa shape index (κ2) is 11.3. The minimum atomic E-state index is -0.251. The van der Waals surface area contributed by atoms with Crippen molar-refractivity contribution in [2.24, 2.45) is 0 Å². The van der Waals surface area contributed by atoms with Crippen molar-refractivity contribution in [3.05, 3.63) is 126 Å². The van der Waals surface area contributed by atoms with Crippen molar-refractivity contribution < 1.29 is 19.0 Å². The third-order valence-electron chi connectivity index (χ3n) is 5.84. The van der Waals surface area contributed by atoms with Crippen molar-refractivity contribution in [2.75, 3.05) is 11.9 Å². The Morgan fingerprint density at radius 3 is 2.27 bits per heavy atom. The monoisotopic (exact) mass is 489 g/mol. The lowest BCUT2D eigenvalue weighted by Gasteiger charge is -2.15. The molecule has 1 N–H and O–H groups in total. The third kappa shape index (κ3) is 5.90. The molecule has 0 aliphatic carbocycles. The summed E-state index contributed by atoms with van der Waals surface area (Å²) < 4.78 is 17.9. The summed E-state index contributed by atoms with van der Waals surface area (Å²) in [5.41, 5.74) is 1.87. The van der Waals surface area contributed by atoms with Crippen LogP contribution in [0.4, 0.5) is 5.69 Å². The number of carbonyl (C=O) groups is 1. The highest BCUT2D eigenvalue weighted by atomic mass is 16.5. The Hall–Kier alpha value is -4.77. The number of amides is 1. The van der Waals surface area contributed by atoms with Gasteiger partial charge in [-0.15, -0.1) is 0 Å². The van der Waals surface area contributed by atoms with Gasteiger partial charge in [0.1, 0.15) is 23.9 Å². The van der Waals surface area contributed by atoms with E-state index in [1.165, 1.54) is 0 Å². The van der Waals surface area contributed by atoms with Gasteiger partial charge in [0.15, 0.2) is 5.75 Å². The smallest absolute Gasteiger partial charge is 0.255 e. The largest absolute Gasteiger partial charge is 0.493 e. The van der Waals surface area contributed by atoms with Gasteiger partial charge in [0.25, 0.3) is 5.91 Å². The molecule has 5 aromatic carbocycles. The van der Waals surface area contributed by atoms with Crippen LogP contribution in [0.15, 0.2) is 115 Å². The van der Waals surface area contributed by atoms with E-state index in [9.17, 15) is 4.79 Å². The lowest BCUT2D eigenvalue weighted by atomic mass is 10.1. The Morgan fingerprint density at radius 2 is 1.43 bits per heavy atom. The number of nitrogens with one attached hydrogen (secondary N) is 1. The molecule has 0 aromatic heterocycles. The van der Waals surface area contributed by atoms with Crippen LogP contribution in [0.5, 0.6) is 23.0 Å². The van der Waals surface area contributed by atoms with Crippen LogP contribution in [-0.2, 0) is 6.61 Å². The first-order chi connectivity index (χ1) is 18.2. The van der Waals surface area contributed by atoms with Gasteiger partial charge in [-0.2, -0.15) is 0 Å². The molecule has 0 spiro atoms. The maximum Gasteiger partial charge on any atom is 0.255 e. The summed E-state index contributed by atoms with van der Waals surface area (Å²) in [4.78, 5) is 13.2. The highest BCUT2D eigenvalue weighted by Gasteiger charge is 2.14. The van der Waals surface area contributed by atoms with Crippen molar-refractivity contribution in [2.45, 2.75) is 13.5 Å². The third-order valence-corrected chi connectivity index (χ3v) is 5.84. The zero-order chi connectivity index (χ0) is 25.5. The summed E-state index contributed by atoms with van der Waals surface area (Å²) in [5.74, 6) is 2.45. The fourth-order valence-electron chi connectivity index (χ4n) is 4.02. The van der Waals surface area contributed by atoms with Crippen LogP contribution in [0.1, 0.15) is 22.8 Å². The molecule has 0 radical (unpaired) electrons. The number of hydrogen-bond donors (Lipinski definition) is 1. The molecule has 5 rings (SSSR count). The molecule has 0 aliphatic rings. The first kappa shape index (κ1) is 23.9. The molecule has 0 saturated heterocycles. The molecule has 5 heteroatoms. The van der Waals surface area contributed by atoms with Gasteiger partial charge >= 0.3 is 0 Å². The van der Waals surface area contributed by atoms with Crippen LogP contribution in [0.25, 0.3) is 10.8 Å². The predicted octanol–water partition coefficient (Wildman–Crippen LogP) is 7.86. The Bertz CT molecular complexity index is 1510. The van der Waals surface area contributed by atoms with Crippen molar-refractivity contribution in [3.8, 4) is 23.0 Å². The van der Waals surface area contributed by atoms with Crippen LogP contribution in [0, 0.1) is 0 Å². The van der Waals surface area contributed by atoms with Gasteiger partial charge in [0.2, 0.25) is 0 Å². The maximum atomic E-state index is 13.2. The molecule has 0 saturated carbocycles. The zero-order valence-electron chi connectivity index (χ0n) is 20.5. The predicted molar refractivity (Wildman–Crippen MR) is 147 cm³/mol. The van der Waals surface area contributed by atoms with Gasteiger partial charge in [-0.1, -0.05) is 60.7 Å². The fourth-order valence-corrected chi connectivity index (χ4v) is 4.02. The molecule has 1 amide bonds. The average molecular weight is 490 g/mol. The van der Waals surface area contributed by atoms with Crippen molar-refractivity contribution in [1.29, 1.82) is 0 Å². The first-order valence-corrected chi connectivity index (χ1v) is 12.2. The fraction of sp³-hybridized carbons (Fsp3) is 0.0938. The molecular formula is C32H27NO4. The van der Waals surface area contributed by atoms with E-state index in [1.807, 2.05) is 104 Å². The Kier molecular flexibility index (Phi) is 7.32. The number of hydrogen-bond acceptors (Lipinski definition) is 4. The Balaban J connectivity index is 1.34. The summed E-state index contributed by atoms with van der Waals surface area (Å²) in [5, 5.41) is 5.23. The summed E-state index contributed by atoms with van der Waals surface area (Å²) in [6, 6.07) is 36.3. The second-order valence-corrected chi connectivity index (χ2v) is 8.42. The molecule has 184 valence electrons. The summed E-state index contributed by atoms with van der Waals surface area (Å²) in [6.45, 7) is 2.71. The van der Waals surface area contributed by atoms with E-state index in [1.54, 1.807) is 6.07 Å². The number of benzene rings is 5. The zero-order valence-corrected chi connectivity index (χ0v) is 20.5. The van der Waals surface area contributed by atoms with E-state index < -0.39 is 0 Å². The SMILES string of the molecule is CCOc1ccc(C(=O)Nc2ccccc2Oc2ccccc2)cc1COc1ccc2ccccc2c1. The lowest BCUT2D eigenvalue weighted by Crippen LogP contribution is -2.13. The molecule has 37 heavy (non-hydrogen) atoms. The van der Waals surface area contributed by atoms with Gasteiger partial charge < -0.3 is 19.5 Å². The number of anilines is 1. The van der Waals surface area contributed by atoms with E-state index in [0.717, 1.165) is 22.1 Å². The highest BCUT2D eigenvalue weighted by Crippen LogP contribution is 2.30. The molecule has 0 aliphatic heterocycles. The number of rotatable bonds is 9. The van der Waals surface area contributed by atoms with Crippen LogP contribution >= 0.6 is 0 Å². The minimum Gasteiger partial charge on any atom is -0.493 e. The summed E-state index contributed by atoms with van der Waals surface area (Å²) in [7, 11) is 0. The van der Waals surface area contributed by atoms with E-state index in [2.05, 4.69) is 17.4 Å². The standard InChI is InChI=1S/C32H27NO4/c1-2-35-30-19-17-25(20-26(30)22-36-28-18-16-23-10-6-7-11-24(23)21-28)32(34)33-29-14-8-9-15-31(29)37-27-12-4-3-5-13-27/h3-21H,2,22H2,1H3,(H,33,34). The van der Waals surface area contributed by atoms with Gasteiger partial charge in [0.05, 0.1) is 12.3 Å². The topological polar surface area (TPSA) is 56.8 Å². The summed E-state index contributed by atoms with van der Waals surface area (Å²) in [6.07, 6.45) is 0. The Labute approximate surface area is 216 Å². The van der Waals surface area contributed by atoms with E-state index in [0.29, 0.717) is 35.1 Å². The van der Waals surface area contributed by atoms with Crippen LogP contribution < -0.4 is 19.5 Å². The van der Waals surface area contributed by atoms with Crippen LogP contribution in [0.3, 0.4) is 0 Å². The number of para-hydroxylation sites is 3. The van der Waals surface area contributed by atoms with Crippen molar-refractivity contribution in [3.63, 3.8) is 0 Å². The van der Waals surface area contributed by atoms with Crippen molar-refractivity contribution in [1.82, 2.24) is 0 Å². The molecule has 5 nitrogen and oxygen atoms in total. The minimum absolute atomic E-state index is 0.251. The van der Waals surface area contributed by atoms with E-state index >= 15 is 0 Å². The van der Waals surface area contributed by atoms with E-state index in [-0.39, 0.29) is 12.5 Å². The van der Waals surface area contributed by atoms with Crippen molar-refractivity contribution >= 4 is 22.4 Å².